The Labute approximate surface area is 136 Å². The highest BCUT2D eigenvalue weighted by atomic mass is 16.5. The molecule has 0 bridgehead atoms. The summed E-state index contributed by atoms with van der Waals surface area (Å²) < 4.78 is 17.1. The predicted octanol–water partition coefficient (Wildman–Crippen LogP) is 1.39. The predicted molar refractivity (Wildman–Crippen MR) is 83.8 cm³/mol. The van der Waals surface area contributed by atoms with Crippen molar-refractivity contribution in [1.82, 2.24) is 9.88 Å². The number of amides is 1. The molecule has 2 aliphatic rings. The van der Waals surface area contributed by atoms with Crippen LogP contribution in [-0.4, -0.2) is 60.4 Å². The van der Waals surface area contributed by atoms with Crippen molar-refractivity contribution in [3.05, 3.63) is 30.1 Å². The Hall–Kier alpha value is -1.50. The molecule has 1 aromatic heterocycles. The molecule has 1 amide bonds. The lowest BCUT2D eigenvalue weighted by molar-refractivity contribution is -0.204. The Kier molecular flexibility index (Phi) is 5.25. The van der Waals surface area contributed by atoms with Gasteiger partial charge in [0.05, 0.1) is 25.8 Å². The molecule has 0 N–H and O–H groups in total. The second-order valence-electron chi connectivity index (χ2n) is 6.20. The molecule has 6 nitrogen and oxygen atoms in total. The SMILES string of the molecule is CCOCC(=O)N1CC2(CC(OCc3ccncc3)CCO2)C1. The Morgan fingerprint density at radius 3 is 2.96 bits per heavy atom. The summed E-state index contributed by atoms with van der Waals surface area (Å²) in [5, 5.41) is 0. The van der Waals surface area contributed by atoms with Crippen LogP contribution in [-0.2, 0) is 25.6 Å². The highest BCUT2D eigenvalue weighted by molar-refractivity contribution is 5.78. The molecule has 0 radical (unpaired) electrons. The van der Waals surface area contributed by atoms with Crippen LogP contribution in [0.2, 0.25) is 0 Å². The van der Waals surface area contributed by atoms with Gasteiger partial charge in [0.2, 0.25) is 5.91 Å². The Morgan fingerprint density at radius 2 is 2.22 bits per heavy atom. The normalized spacial score (nSPS) is 22.8. The summed E-state index contributed by atoms with van der Waals surface area (Å²) in [5.74, 6) is 0.0425. The fraction of sp³-hybridized carbons (Fsp3) is 0.647. The first-order valence-electron chi connectivity index (χ1n) is 8.21. The number of pyridine rings is 1. The van der Waals surface area contributed by atoms with Crippen molar-refractivity contribution in [3.63, 3.8) is 0 Å². The van der Waals surface area contributed by atoms with Crippen LogP contribution in [0.5, 0.6) is 0 Å². The minimum absolute atomic E-state index is 0.0425. The number of likely N-dealkylation sites (tertiary alicyclic amines) is 1. The van der Waals surface area contributed by atoms with E-state index in [4.69, 9.17) is 14.2 Å². The zero-order valence-corrected chi connectivity index (χ0v) is 13.6. The maximum absolute atomic E-state index is 11.9. The number of carbonyl (C=O) groups is 1. The number of nitrogens with zero attached hydrogens (tertiary/aromatic N) is 2. The standard InChI is InChI=1S/C17H24N2O4/c1-2-21-11-16(20)19-12-17(13-19)9-15(5-8-23-17)22-10-14-3-6-18-7-4-14/h3-4,6-7,15H,2,5,8-13H2,1H3. The van der Waals surface area contributed by atoms with E-state index in [1.807, 2.05) is 19.1 Å². The highest BCUT2D eigenvalue weighted by Crippen LogP contribution is 2.35. The van der Waals surface area contributed by atoms with Gasteiger partial charge in [-0.25, -0.2) is 0 Å². The van der Waals surface area contributed by atoms with Gasteiger partial charge in [0.1, 0.15) is 12.2 Å². The number of ether oxygens (including phenoxy) is 3. The lowest BCUT2D eigenvalue weighted by atomic mass is 9.84. The molecular weight excluding hydrogens is 296 g/mol. The molecule has 1 spiro atoms. The Balaban J connectivity index is 1.45. The lowest BCUT2D eigenvalue weighted by Gasteiger charge is -2.53. The van der Waals surface area contributed by atoms with Crippen molar-refractivity contribution in [2.75, 3.05) is 32.9 Å². The van der Waals surface area contributed by atoms with Crippen LogP contribution in [0, 0.1) is 0 Å². The number of carbonyl (C=O) groups excluding carboxylic acids is 1. The first kappa shape index (κ1) is 16.4. The third-order valence-electron chi connectivity index (χ3n) is 4.42. The van der Waals surface area contributed by atoms with Crippen molar-refractivity contribution in [2.45, 2.75) is 38.1 Å². The van der Waals surface area contributed by atoms with E-state index in [2.05, 4.69) is 4.98 Å². The Morgan fingerprint density at radius 1 is 1.43 bits per heavy atom. The average molecular weight is 320 g/mol. The van der Waals surface area contributed by atoms with Crippen LogP contribution in [0.25, 0.3) is 0 Å². The van der Waals surface area contributed by atoms with E-state index >= 15 is 0 Å². The molecule has 2 saturated heterocycles. The molecule has 3 rings (SSSR count). The quantitative estimate of drug-likeness (QED) is 0.793. The van der Waals surface area contributed by atoms with Gasteiger partial charge in [0.15, 0.2) is 0 Å². The molecule has 0 saturated carbocycles. The van der Waals surface area contributed by atoms with Gasteiger partial charge < -0.3 is 19.1 Å². The van der Waals surface area contributed by atoms with Gasteiger partial charge in [-0.15, -0.1) is 0 Å². The first-order chi connectivity index (χ1) is 11.2. The monoisotopic (exact) mass is 320 g/mol. The summed E-state index contributed by atoms with van der Waals surface area (Å²) in [6.45, 7) is 5.19. The zero-order chi connectivity index (χ0) is 16.1. The first-order valence-corrected chi connectivity index (χ1v) is 8.21. The van der Waals surface area contributed by atoms with Crippen LogP contribution in [0.15, 0.2) is 24.5 Å². The minimum atomic E-state index is -0.219. The average Bonchev–Trinajstić information content (AvgIpc) is 2.57. The zero-order valence-electron chi connectivity index (χ0n) is 13.6. The van der Waals surface area contributed by atoms with Crippen LogP contribution < -0.4 is 0 Å². The van der Waals surface area contributed by atoms with Crippen LogP contribution in [0.3, 0.4) is 0 Å². The second-order valence-corrected chi connectivity index (χ2v) is 6.20. The van der Waals surface area contributed by atoms with Gasteiger partial charge in [-0.3, -0.25) is 9.78 Å². The summed E-state index contributed by atoms with van der Waals surface area (Å²) in [7, 11) is 0. The van der Waals surface area contributed by atoms with E-state index < -0.39 is 0 Å². The summed E-state index contributed by atoms with van der Waals surface area (Å²) >= 11 is 0. The van der Waals surface area contributed by atoms with Crippen LogP contribution in [0.1, 0.15) is 25.3 Å². The lowest BCUT2D eigenvalue weighted by Crippen LogP contribution is -2.67. The van der Waals surface area contributed by atoms with E-state index in [0.29, 0.717) is 32.9 Å². The van der Waals surface area contributed by atoms with Crippen LogP contribution >= 0.6 is 0 Å². The highest BCUT2D eigenvalue weighted by Gasteiger charge is 2.49. The maximum Gasteiger partial charge on any atom is 0.248 e. The number of hydrogen-bond donors (Lipinski definition) is 0. The van der Waals surface area contributed by atoms with E-state index in [9.17, 15) is 4.79 Å². The third-order valence-corrected chi connectivity index (χ3v) is 4.42. The van der Waals surface area contributed by atoms with E-state index in [0.717, 1.165) is 18.4 Å². The third kappa shape index (κ3) is 4.07. The maximum atomic E-state index is 11.9. The molecule has 1 aromatic rings. The summed E-state index contributed by atoms with van der Waals surface area (Å²) in [6, 6.07) is 3.93. The van der Waals surface area contributed by atoms with Crippen molar-refractivity contribution < 1.29 is 19.0 Å². The summed E-state index contributed by atoms with van der Waals surface area (Å²) in [4.78, 5) is 17.7. The molecular formula is C17H24N2O4. The molecule has 3 heterocycles. The topological polar surface area (TPSA) is 60.9 Å². The van der Waals surface area contributed by atoms with Crippen molar-refractivity contribution in [2.24, 2.45) is 0 Å². The molecule has 23 heavy (non-hydrogen) atoms. The van der Waals surface area contributed by atoms with Gasteiger partial charge in [-0.2, -0.15) is 0 Å². The number of aromatic nitrogens is 1. The molecule has 6 heteroatoms. The van der Waals surface area contributed by atoms with Gasteiger partial charge in [-0.1, -0.05) is 0 Å². The van der Waals surface area contributed by atoms with Gasteiger partial charge >= 0.3 is 0 Å². The summed E-state index contributed by atoms with van der Waals surface area (Å²) in [5.41, 5.74) is 0.908. The Bertz CT molecular complexity index is 517. The molecule has 2 fully saturated rings. The summed E-state index contributed by atoms with van der Waals surface area (Å²) in [6.07, 6.45) is 5.48. The molecule has 0 aliphatic carbocycles. The van der Waals surface area contributed by atoms with E-state index in [-0.39, 0.29) is 24.2 Å². The molecule has 0 aromatic carbocycles. The fourth-order valence-electron chi connectivity index (χ4n) is 3.14. The molecule has 2 aliphatic heterocycles. The van der Waals surface area contributed by atoms with Crippen LogP contribution in [0.4, 0.5) is 0 Å². The van der Waals surface area contributed by atoms with Crippen molar-refractivity contribution >= 4 is 5.91 Å². The molecule has 126 valence electrons. The van der Waals surface area contributed by atoms with E-state index in [1.54, 1.807) is 17.3 Å². The van der Waals surface area contributed by atoms with Gasteiger partial charge in [0.25, 0.3) is 0 Å². The fourth-order valence-corrected chi connectivity index (χ4v) is 3.14. The largest absolute Gasteiger partial charge is 0.373 e. The minimum Gasteiger partial charge on any atom is -0.373 e. The number of hydrogen-bond acceptors (Lipinski definition) is 5. The van der Waals surface area contributed by atoms with Gasteiger partial charge in [0, 0.05) is 32.0 Å². The van der Waals surface area contributed by atoms with Crippen molar-refractivity contribution in [3.8, 4) is 0 Å². The van der Waals surface area contributed by atoms with E-state index in [1.165, 1.54) is 0 Å². The molecule has 1 unspecified atom stereocenters. The smallest absolute Gasteiger partial charge is 0.248 e. The number of rotatable bonds is 6. The molecule has 1 atom stereocenters. The van der Waals surface area contributed by atoms with Crippen molar-refractivity contribution in [1.29, 1.82) is 0 Å². The second kappa shape index (κ2) is 7.38. The van der Waals surface area contributed by atoms with Gasteiger partial charge in [-0.05, 0) is 31.0 Å².